The minimum atomic E-state index is 0.709. The smallest absolute Gasteiger partial charge is 0.223 e. The van der Waals surface area contributed by atoms with Crippen LogP contribution >= 0.6 is 11.3 Å². The topological polar surface area (TPSA) is 37.8 Å². The lowest BCUT2D eigenvalue weighted by Crippen LogP contribution is -2.04. The van der Waals surface area contributed by atoms with Gasteiger partial charge in [0.15, 0.2) is 0 Å². The SMILES string of the molecule is CCCNc1nccc(-c2ccsc2)n1. The maximum absolute atomic E-state index is 4.44. The Morgan fingerprint density at radius 2 is 2.33 bits per heavy atom. The first-order chi connectivity index (χ1) is 7.40. The van der Waals surface area contributed by atoms with Crippen LogP contribution in [0.5, 0.6) is 0 Å². The summed E-state index contributed by atoms with van der Waals surface area (Å²) in [5.41, 5.74) is 2.13. The molecule has 4 heteroatoms. The quantitative estimate of drug-likeness (QED) is 0.859. The standard InChI is InChI=1S/C11H13N3S/c1-2-5-12-11-13-6-3-10(14-11)9-4-7-15-8-9/h3-4,6-8H,2,5H2,1H3,(H,12,13,14). The van der Waals surface area contributed by atoms with Crippen molar-refractivity contribution in [2.24, 2.45) is 0 Å². The molecule has 0 aromatic carbocycles. The summed E-state index contributed by atoms with van der Waals surface area (Å²) in [7, 11) is 0. The molecule has 0 bridgehead atoms. The summed E-state index contributed by atoms with van der Waals surface area (Å²) in [5, 5.41) is 7.32. The summed E-state index contributed by atoms with van der Waals surface area (Å²) >= 11 is 1.68. The van der Waals surface area contributed by atoms with Gasteiger partial charge in [-0.05, 0) is 23.9 Å². The van der Waals surface area contributed by atoms with Crippen LogP contribution in [0.1, 0.15) is 13.3 Å². The predicted octanol–water partition coefficient (Wildman–Crippen LogP) is 3.03. The predicted molar refractivity (Wildman–Crippen MR) is 64.1 cm³/mol. The van der Waals surface area contributed by atoms with E-state index in [-0.39, 0.29) is 0 Å². The molecule has 0 atom stereocenters. The summed E-state index contributed by atoms with van der Waals surface area (Å²) in [6, 6.07) is 4.00. The summed E-state index contributed by atoms with van der Waals surface area (Å²) in [4.78, 5) is 8.61. The molecule has 2 heterocycles. The molecule has 0 amide bonds. The second-order valence-corrected chi connectivity index (χ2v) is 3.98. The van der Waals surface area contributed by atoms with E-state index in [2.05, 4.69) is 39.0 Å². The molecule has 0 fully saturated rings. The Kier molecular flexibility index (Phi) is 3.29. The third-order valence-corrected chi connectivity index (χ3v) is 2.69. The number of nitrogens with zero attached hydrogens (tertiary/aromatic N) is 2. The monoisotopic (exact) mass is 219 g/mol. The van der Waals surface area contributed by atoms with Gasteiger partial charge >= 0.3 is 0 Å². The number of hydrogen-bond acceptors (Lipinski definition) is 4. The van der Waals surface area contributed by atoms with Crippen molar-refractivity contribution in [1.29, 1.82) is 0 Å². The number of hydrogen-bond donors (Lipinski definition) is 1. The van der Waals surface area contributed by atoms with Gasteiger partial charge in [-0.3, -0.25) is 0 Å². The molecular weight excluding hydrogens is 206 g/mol. The molecule has 0 aliphatic rings. The summed E-state index contributed by atoms with van der Waals surface area (Å²) in [6.45, 7) is 3.03. The first-order valence-electron chi connectivity index (χ1n) is 4.99. The van der Waals surface area contributed by atoms with Crippen molar-refractivity contribution in [3.8, 4) is 11.3 Å². The van der Waals surface area contributed by atoms with Gasteiger partial charge < -0.3 is 5.32 Å². The van der Waals surface area contributed by atoms with Crippen molar-refractivity contribution < 1.29 is 0 Å². The second kappa shape index (κ2) is 4.89. The van der Waals surface area contributed by atoms with Crippen LogP contribution in [0.3, 0.4) is 0 Å². The first kappa shape index (κ1) is 10.1. The van der Waals surface area contributed by atoms with E-state index in [1.54, 1.807) is 17.5 Å². The maximum atomic E-state index is 4.44. The lowest BCUT2D eigenvalue weighted by atomic mass is 10.2. The first-order valence-corrected chi connectivity index (χ1v) is 5.94. The Morgan fingerprint density at radius 1 is 1.40 bits per heavy atom. The van der Waals surface area contributed by atoms with E-state index in [0.717, 1.165) is 24.2 Å². The molecule has 0 unspecified atom stereocenters. The van der Waals surface area contributed by atoms with E-state index >= 15 is 0 Å². The molecule has 1 N–H and O–H groups in total. The number of rotatable bonds is 4. The summed E-state index contributed by atoms with van der Waals surface area (Å²) in [5.74, 6) is 0.709. The highest BCUT2D eigenvalue weighted by atomic mass is 32.1. The van der Waals surface area contributed by atoms with Crippen molar-refractivity contribution in [2.45, 2.75) is 13.3 Å². The Hall–Kier alpha value is -1.42. The molecule has 78 valence electrons. The average molecular weight is 219 g/mol. The zero-order chi connectivity index (χ0) is 10.5. The van der Waals surface area contributed by atoms with Crippen LogP contribution in [0.25, 0.3) is 11.3 Å². The molecule has 0 saturated heterocycles. The van der Waals surface area contributed by atoms with Gasteiger partial charge in [0.05, 0.1) is 5.69 Å². The Morgan fingerprint density at radius 3 is 3.07 bits per heavy atom. The van der Waals surface area contributed by atoms with Crippen molar-refractivity contribution in [2.75, 3.05) is 11.9 Å². The van der Waals surface area contributed by atoms with Crippen LogP contribution in [0.2, 0.25) is 0 Å². The molecule has 2 aromatic heterocycles. The highest BCUT2D eigenvalue weighted by molar-refractivity contribution is 7.08. The molecule has 2 rings (SSSR count). The van der Waals surface area contributed by atoms with Crippen LogP contribution in [0.4, 0.5) is 5.95 Å². The van der Waals surface area contributed by atoms with Crippen molar-refractivity contribution >= 4 is 17.3 Å². The molecule has 0 spiro atoms. The number of anilines is 1. The van der Waals surface area contributed by atoms with Crippen LogP contribution in [0.15, 0.2) is 29.1 Å². The van der Waals surface area contributed by atoms with E-state index < -0.39 is 0 Å². The van der Waals surface area contributed by atoms with Crippen molar-refractivity contribution in [1.82, 2.24) is 9.97 Å². The molecule has 2 aromatic rings. The molecule has 0 radical (unpaired) electrons. The van der Waals surface area contributed by atoms with Crippen LogP contribution in [-0.2, 0) is 0 Å². The highest BCUT2D eigenvalue weighted by Gasteiger charge is 2.01. The second-order valence-electron chi connectivity index (χ2n) is 3.20. The lowest BCUT2D eigenvalue weighted by Gasteiger charge is -2.03. The largest absolute Gasteiger partial charge is 0.354 e. The fraction of sp³-hybridized carbons (Fsp3) is 0.273. The van der Waals surface area contributed by atoms with Gasteiger partial charge in [-0.1, -0.05) is 6.92 Å². The number of nitrogens with one attached hydrogen (secondary N) is 1. The minimum absolute atomic E-state index is 0.709. The fourth-order valence-electron chi connectivity index (χ4n) is 1.25. The molecule has 15 heavy (non-hydrogen) atoms. The summed E-state index contributed by atoms with van der Waals surface area (Å²) < 4.78 is 0. The van der Waals surface area contributed by atoms with Gasteiger partial charge in [-0.25, -0.2) is 9.97 Å². The highest BCUT2D eigenvalue weighted by Crippen LogP contribution is 2.20. The van der Waals surface area contributed by atoms with E-state index in [0.29, 0.717) is 5.95 Å². The zero-order valence-corrected chi connectivity index (χ0v) is 9.42. The summed E-state index contributed by atoms with van der Waals surface area (Å²) in [6.07, 6.45) is 2.87. The zero-order valence-electron chi connectivity index (χ0n) is 8.60. The molecule has 0 aliphatic carbocycles. The van der Waals surface area contributed by atoms with Crippen molar-refractivity contribution in [3.63, 3.8) is 0 Å². The fourth-order valence-corrected chi connectivity index (χ4v) is 1.90. The maximum Gasteiger partial charge on any atom is 0.223 e. The molecular formula is C11H13N3S. The molecule has 0 aliphatic heterocycles. The Balaban J connectivity index is 2.19. The van der Waals surface area contributed by atoms with E-state index in [9.17, 15) is 0 Å². The third kappa shape index (κ3) is 2.53. The van der Waals surface area contributed by atoms with Gasteiger partial charge in [0, 0.05) is 23.7 Å². The lowest BCUT2D eigenvalue weighted by molar-refractivity contribution is 0.953. The Bertz CT molecular complexity index is 412. The number of aromatic nitrogens is 2. The van der Waals surface area contributed by atoms with Gasteiger partial charge in [0.1, 0.15) is 0 Å². The van der Waals surface area contributed by atoms with Gasteiger partial charge in [0.2, 0.25) is 5.95 Å². The van der Waals surface area contributed by atoms with E-state index in [1.807, 2.05) is 6.07 Å². The van der Waals surface area contributed by atoms with E-state index in [1.165, 1.54) is 0 Å². The number of thiophene rings is 1. The van der Waals surface area contributed by atoms with Crippen LogP contribution in [0, 0.1) is 0 Å². The molecule has 3 nitrogen and oxygen atoms in total. The molecule has 0 saturated carbocycles. The van der Waals surface area contributed by atoms with Crippen LogP contribution in [-0.4, -0.2) is 16.5 Å². The van der Waals surface area contributed by atoms with Gasteiger partial charge in [-0.2, -0.15) is 11.3 Å². The van der Waals surface area contributed by atoms with E-state index in [4.69, 9.17) is 0 Å². The normalized spacial score (nSPS) is 10.2. The average Bonchev–Trinajstić information content (AvgIpc) is 2.80. The third-order valence-electron chi connectivity index (χ3n) is 2.01. The Labute approximate surface area is 93.2 Å². The van der Waals surface area contributed by atoms with Crippen molar-refractivity contribution in [3.05, 3.63) is 29.1 Å². The van der Waals surface area contributed by atoms with Gasteiger partial charge in [-0.15, -0.1) is 0 Å². The van der Waals surface area contributed by atoms with Crippen LogP contribution < -0.4 is 5.32 Å². The van der Waals surface area contributed by atoms with Gasteiger partial charge in [0.25, 0.3) is 0 Å². The minimum Gasteiger partial charge on any atom is -0.354 e.